The highest BCUT2D eigenvalue weighted by atomic mass is 17.1. The van der Waals surface area contributed by atoms with E-state index in [2.05, 4.69) is 4.84 Å². The summed E-state index contributed by atoms with van der Waals surface area (Å²) in [6.07, 6.45) is 0. The van der Waals surface area contributed by atoms with E-state index in [0.29, 0.717) is 0 Å². The van der Waals surface area contributed by atoms with Gasteiger partial charge in [-0.2, -0.15) is 10.0 Å². The van der Waals surface area contributed by atoms with Crippen LogP contribution in [-0.4, -0.2) is 28.7 Å². The average molecular weight is 227 g/mol. The van der Waals surface area contributed by atoms with Gasteiger partial charge in [-0.1, -0.05) is 17.5 Å². The van der Waals surface area contributed by atoms with Gasteiger partial charge < -0.3 is 10.3 Å². The molecule has 86 valence electrons. The standard InChI is InChI=1S/C9H9NO6/c11-8(5-16-10(14)15)6-2-1-3-7(4-6)9(12)13/h1-4,10,14H,5H2,(H,12,13). The third kappa shape index (κ3) is 3.41. The van der Waals surface area contributed by atoms with Crippen molar-refractivity contribution < 1.29 is 30.1 Å². The van der Waals surface area contributed by atoms with Crippen LogP contribution in [0.3, 0.4) is 0 Å². The second-order valence-electron chi connectivity index (χ2n) is 2.86. The Labute approximate surface area is 90.0 Å². The van der Waals surface area contributed by atoms with Crippen LogP contribution in [0.15, 0.2) is 24.3 Å². The van der Waals surface area contributed by atoms with Gasteiger partial charge in [-0.05, 0) is 12.1 Å². The lowest BCUT2D eigenvalue weighted by molar-refractivity contribution is -1.20. The first kappa shape index (κ1) is 12.3. The lowest BCUT2D eigenvalue weighted by Crippen LogP contribution is -3.03. The molecule has 1 atom stereocenters. The van der Waals surface area contributed by atoms with Crippen molar-refractivity contribution in [3.63, 3.8) is 0 Å². The lowest BCUT2D eigenvalue weighted by atomic mass is 10.1. The van der Waals surface area contributed by atoms with Gasteiger partial charge in [0.2, 0.25) is 0 Å². The van der Waals surface area contributed by atoms with Crippen LogP contribution in [0, 0.1) is 5.21 Å². The summed E-state index contributed by atoms with van der Waals surface area (Å²) in [4.78, 5) is 26.0. The van der Waals surface area contributed by atoms with Gasteiger partial charge in [-0.15, -0.1) is 0 Å². The molecule has 0 aromatic heterocycles. The zero-order valence-corrected chi connectivity index (χ0v) is 8.04. The molecule has 0 aliphatic heterocycles. The minimum atomic E-state index is -1.55. The van der Waals surface area contributed by atoms with Crippen LogP contribution in [0.4, 0.5) is 0 Å². The van der Waals surface area contributed by atoms with Gasteiger partial charge in [0.15, 0.2) is 12.4 Å². The first-order valence-corrected chi connectivity index (χ1v) is 4.23. The maximum atomic E-state index is 11.3. The molecule has 1 aromatic carbocycles. The minimum Gasteiger partial charge on any atom is -0.566 e. The molecule has 1 unspecified atom stereocenters. The zero-order chi connectivity index (χ0) is 12.1. The fourth-order valence-electron chi connectivity index (χ4n) is 1.04. The molecule has 16 heavy (non-hydrogen) atoms. The molecule has 3 N–H and O–H groups in total. The molecular weight excluding hydrogens is 218 g/mol. The van der Waals surface area contributed by atoms with Gasteiger partial charge in [-0.3, -0.25) is 4.79 Å². The fraction of sp³-hybridized carbons (Fsp3) is 0.111. The number of quaternary nitrogens is 1. The van der Waals surface area contributed by atoms with E-state index in [1.54, 1.807) is 0 Å². The summed E-state index contributed by atoms with van der Waals surface area (Å²) in [5.41, 5.74) is 0.0577. The second kappa shape index (κ2) is 5.33. The highest BCUT2D eigenvalue weighted by Crippen LogP contribution is 2.06. The van der Waals surface area contributed by atoms with E-state index in [-0.39, 0.29) is 11.1 Å². The van der Waals surface area contributed by atoms with E-state index in [1.165, 1.54) is 18.2 Å². The van der Waals surface area contributed by atoms with Crippen molar-refractivity contribution in [1.29, 1.82) is 0 Å². The summed E-state index contributed by atoms with van der Waals surface area (Å²) >= 11 is 0. The number of carbonyl (C=O) groups is 2. The predicted molar refractivity (Wildman–Crippen MR) is 49.8 cm³/mol. The molecule has 7 heteroatoms. The van der Waals surface area contributed by atoms with E-state index >= 15 is 0 Å². The molecule has 0 saturated carbocycles. The molecule has 0 fully saturated rings. The van der Waals surface area contributed by atoms with Crippen molar-refractivity contribution in [2.45, 2.75) is 0 Å². The average Bonchev–Trinajstić information content (AvgIpc) is 2.26. The molecule has 0 amide bonds. The molecule has 0 saturated heterocycles. The maximum Gasteiger partial charge on any atom is 0.335 e. The number of rotatable bonds is 5. The summed E-state index contributed by atoms with van der Waals surface area (Å²) < 4.78 is 0. The number of hydrogen-bond acceptors (Lipinski definition) is 5. The van der Waals surface area contributed by atoms with Gasteiger partial charge in [0, 0.05) is 5.56 Å². The van der Waals surface area contributed by atoms with Crippen molar-refractivity contribution in [3.05, 3.63) is 40.6 Å². The largest absolute Gasteiger partial charge is 0.566 e. The smallest absolute Gasteiger partial charge is 0.335 e. The summed E-state index contributed by atoms with van der Waals surface area (Å²) in [5.74, 6) is -1.75. The third-order valence-corrected chi connectivity index (χ3v) is 1.76. The Bertz CT molecular complexity index is 403. The summed E-state index contributed by atoms with van der Waals surface area (Å²) in [6.45, 7) is -0.627. The highest BCUT2D eigenvalue weighted by Gasteiger charge is 2.11. The van der Waals surface area contributed by atoms with Crippen molar-refractivity contribution >= 4 is 11.8 Å². The number of nitrogens with one attached hydrogen (secondary N) is 1. The number of Topliss-reactive ketones (excluding diaryl/α,β-unsaturated/α-hetero) is 1. The molecule has 0 aliphatic carbocycles. The molecule has 0 aliphatic rings. The third-order valence-electron chi connectivity index (χ3n) is 1.76. The maximum absolute atomic E-state index is 11.3. The van der Waals surface area contributed by atoms with Crippen LogP contribution in [-0.2, 0) is 4.84 Å². The van der Waals surface area contributed by atoms with Crippen molar-refractivity contribution in [1.82, 2.24) is 0 Å². The predicted octanol–water partition coefficient (Wildman–Crippen LogP) is -0.729. The fourth-order valence-corrected chi connectivity index (χ4v) is 1.04. The number of carbonyl (C=O) groups excluding carboxylic acids is 1. The zero-order valence-electron chi connectivity index (χ0n) is 8.04. The summed E-state index contributed by atoms with van der Waals surface area (Å²) in [7, 11) is 0. The molecule has 1 rings (SSSR count). The molecule has 7 nitrogen and oxygen atoms in total. The first-order chi connectivity index (χ1) is 7.50. The Morgan fingerprint density at radius 1 is 1.38 bits per heavy atom. The van der Waals surface area contributed by atoms with Crippen LogP contribution in [0.5, 0.6) is 0 Å². The quantitative estimate of drug-likeness (QED) is 0.451. The Kier molecular flexibility index (Phi) is 4.09. The van der Waals surface area contributed by atoms with Crippen LogP contribution in [0.2, 0.25) is 0 Å². The molecule has 0 bridgehead atoms. The molecule has 1 aromatic rings. The first-order valence-electron chi connectivity index (χ1n) is 4.23. The Morgan fingerprint density at radius 3 is 2.56 bits per heavy atom. The highest BCUT2D eigenvalue weighted by molar-refractivity contribution is 5.99. The van der Waals surface area contributed by atoms with Crippen molar-refractivity contribution in [3.8, 4) is 0 Å². The van der Waals surface area contributed by atoms with E-state index in [1.807, 2.05) is 0 Å². The monoisotopic (exact) mass is 227 g/mol. The van der Waals surface area contributed by atoms with Crippen LogP contribution >= 0.6 is 0 Å². The van der Waals surface area contributed by atoms with E-state index in [9.17, 15) is 14.8 Å². The number of hydrogen-bond donors (Lipinski definition) is 3. The molecule has 0 radical (unpaired) electrons. The van der Waals surface area contributed by atoms with Gasteiger partial charge in [-0.25, -0.2) is 4.79 Å². The SMILES string of the molecule is O=C(O)c1cccc(C(=O)CO[NH+]([O-])O)c1. The van der Waals surface area contributed by atoms with Crippen molar-refractivity contribution in [2.75, 3.05) is 6.61 Å². The van der Waals surface area contributed by atoms with Gasteiger partial charge in [0.1, 0.15) is 0 Å². The van der Waals surface area contributed by atoms with Crippen LogP contribution in [0.25, 0.3) is 0 Å². The number of carboxylic acids is 1. The van der Waals surface area contributed by atoms with Gasteiger partial charge >= 0.3 is 5.97 Å². The van der Waals surface area contributed by atoms with Crippen LogP contribution < -0.4 is 5.39 Å². The second-order valence-corrected chi connectivity index (χ2v) is 2.86. The van der Waals surface area contributed by atoms with Crippen molar-refractivity contribution in [2.24, 2.45) is 0 Å². The normalized spacial score (nSPS) is 12.1. The molecule has 0 spiro atoms. The van der Waals surface area contributed by atoms with Gasteiger partial charge in [0.05, 0.1) is 5.56 Å². The number of ketones is 1. The Hall–Kier alpha value is -1.80. The summed E-state index contributed by atoms with van der Waals surface area (Å²) in [6, 6.07) is 5.28. The van der Waals surface area contributed by atoms with E-state index in [0.717, 1.165) is 6.07 Å². The molecule has 0 heterocycles. The number of carboxylic acid groups (broad SMARTS) is 1. The lowest BCUT2D eigenvalue weighted by Gasteiger charge is -2.09. The van der Waals surface area contributed by atoms with E-state index in [4.69, 9.17) is 10.3 Å². The number of aromatic carboxylic acids is 1. The minimum absolute atomic E-state index is 0.0406. The Balaban J connectivity index is 2.76. The Morgan fingerprint density at radius 2 is 2.00 bits per heavy atom. The van der Waals surface area contributed by atoms with E-state index < -0.39 is 23.7 Å². The number of benzene rings is 1. The topological polar surface area (TPSA) is 111 Å². The van der Waals surface area contributed by atoms with Crippen LogP contribution in [0.1, 0.15) is 20.7 Å². The van der Waals surface area contributed by atoms with Gasteiger partial charge in [0.25, 0.3) is 0 Å². The molecular formula is C9H9NO6. The summed E-state index contributed by atoms with van der Waals surface area (Å²) in [5, 5.41) is 25.3.